The van der Waals surface area contributed by atoms with Crippen LogP contribution in [0.25, 0.3) is 5.53 Å². The van der Waals surface area contributed by atoms with E-state index >= 15 is 0 Å². The number of ether oxygens (including phenoxy) is 1. The normalized spacial score (nSPS) is 9.50. The molecular formula is C8H9N2O2-. The van der Waals surface area contributed by atoms with E-state index in [1.165, 1.54) is 7.11 Å². The lowest BCUT2D eigenvalue weighted by atomic mass is 10.2. The molecule has 0 spiro atoms. The highest BCUT2D eigenvalue weighted by Crippen LogP contribution is 2.24. The van der Waals surface area contributed by atoms with Crippen molar-refractivity contribution in [2.75, 3.05) is 7.11 Å². The molecule has 1 aromatic carbocycles. The second kappa shape index (κ2) is 3.82. The van der Waals surface area contributed by atoms with Crippen molar-refractivity contribution in [2.45, 2.75) is 6.61 Å². The fourth-order valence-electron chi connectivity index (χ4n) is 0.913. The first-order valence-corrected chi connectivity index (χ1v) is 3.44. The molecule has 0 saturated heterocycles. The Kier molecular flexibility index (Phi) is 2.76. The molecule has 0 saturated carbocycles. The smallest absolute Gasteiger partial charge is 0.119 e. The van der Waals surface area contributed by atoms with Gasteiger partial charge in [-0.3, -0.25) is 0 Å². The number of aliphatic hydroxyl groups excluding tert-OH is 1. The average molecular weight is 165 g/mol. The standard InChI is InChI=1S/C8H9N2O2/c1-12-7-2-3-8(10-9)6(4-7)5-11/h2-4,11H,5H2,1H3/q-1. The first-order chi connectivity index (χ1) is 5.81. The maximum absolute atomic E-state index is 8.84. The van der Waals surface area contributed by atoms with Gasteiger partial charge in [0.25, 0.3) is 0 Å². The molecule has 0 amide bonds. The van der Waals surface area contributed by atoms with Crippen LogP contribution < -0.4 is 4.74 Å². The number of benzene rings is 1. The molecule has 0 bridgehead atoms. The highest BCUT2D eigenvalue weighted by molar-refractivity contribution is 5.49. The minimum Gasteiger partial charge on any atom is -0.706 e. The zero-order valence-electron chi connectivity index (χ0n) is 6.69. The molecule has 0 aliphatic rings. The van der Waals surface area contributed by atoms with E-state index in [0.717, 1.165) is 0 Å². The van der Waals surface area contributed by atoms with E-state index in [-0.39, 0.29) is 6.61 Å². The van der Waals surface area contributed by atoms with E-state index in [9.17, 15) is 0 Å². The van der Waals surface area contributed by atoms with Gasteiger partial charge in [-0.2, -0.15) is 0 Å². The predicted molar refractivity (Wildman–Crippen MR) is 44.4 cm³/mol. The number of methoxy groups -OCH3 is 1. The molecule has 1 rings (SSSR count). The quantitative estimate of drug-likeness (QED) is 0.694. The third-order valence-electron chi connectivity index (χ3n) is 1.56. The van der Waals surface area contributed by atoms with Crippen LogP contribution in [0.4, 0.5) is 5.69 Å². The topological polar surface area (TPSA) is 64.1 Å². The van der Waals surface area contributed by atoms with E-state index in [1.54, 1.807) is 18.2 Å². The molecule has 0 atom stereocenters. The lowest BCUT2D eigenvalue weighted by Crippen LogP contribution is -1.87. The summed E-state index contributed by atoms with van der Waals surface area (Å²) in [7, 11) is 1.53. The van der Waals surface area contributed by atoms with Gasteiger partial charge in [-0.25, -0.2) is 0 Å². The molecule has 12 heavy (non-hydrogen) atoms. The molecule has 4 nitrogen and oxygen atoms in total. The maximum atomic E-state index is 8.84. The van der Waals surface area contributed by atoms with Crippen LogP contribution in [0.15, 0.2) is 23.3 Å². The molecule has 0 aromatic heterocycles. The van der Waals surface area contributed by atoms with Crippen molar-refractivity contribution in [1.29, 1.82) is 0 Å². The van der Waals surface area contributed by atoms with Crippen molar-refractivity contribution in [2.24, 2.45) is 5.11 Å². The number of rotatable bonds is 3. The summed E-state index contributed by atoms with van der Waals surface area (Å²) in [5.41, 5.74) is 9.38. The van der Waals surface area contributed by atoms with Gasteiger partial charge >= 0.3 is 0 Å². The van der Waals surface area contributed by atoms with Gasteiger partial charge in [0, 0.05) is 11.3 Å². The largest absolute Gasteiger partial charge is 0.706 e. The van der Waals surface area contributed by atoms with E-state index < -0.39 is 0 Å². The van der Waals surface area contributed by atoms with Crippen LogP contribution in [-0.2, 0) is 6.61 Å². The monoisotopic (exact) mass is 165 g/mol. The van der Waals surface area contributed by atoms with Crippen molar-refractivity contribution in [1.82, 2.24) is 0 Å². The molecule has 0 fully saturated rings. The summed E-state index contributed by atoms with van der Waals surface area (Å²) in [6.45, 7) is -0.170. The van der Waals surface area contributed by atoms with Crippen LogP contribution in [0.5, 0.6) is 5.75 Å². The van der Waals surface area contributed by atoms with Crippen molar-refractivity contribution < 1.29 is 9.84 Å². The fraction of sp³-hybridized carbons (Fsp3) is 0.250. The van der Waals surface area contributed by atoms with Crippen LogP contribution in [-0.4, -0.2) is 12.2 Å². The zero-order chi connectivity index (χ0) is 8.97. The van der Waals surface area contributed by atoms with Gasteiger partial charge in [0.1, 0.15) is 5.75 Å². The lowest BCUT2D eigenvalue weighted by Gasteiger charge is -2.06. The van der Waals surface area contributed by atoms with Crippen molar-refractivity contribution in [3.05, 3.63) is 29.3 Å². The van der Waals surface area contributed by atoms with Crippen LogP contribution in [0.3, 0.4) is 0 Å². The van der Waals surface area contributed by atoms with Gasteiger partial charge in [0.15, 0.2) is 0 Å². The van der Waals surface area contributed by atoms with Gasteiger partial charge < -0.3 is 20.5 Å². The molecule has 0 aliphatic heterocycles. The van der Waals surface area contributed by atoms with E-state index in [4.69, 9.17) is 15.4 Å². The molecule has 0 aliphatic carbocycles. The van der Waals surface area contributed by atoms with Gasteiger partial charge in [-0.05, 0) is 18.2 Å². The highest BCUT2D eigenvalue weighted by atomic mass is 16.5. The van der Waals surface area contributed by atoms with E-state index in [2.05, 4.69) is 5.11 Å². The predicted octanol–water partition coefficient (Wildman–Crippen LogP) is 1.84. The van der Waals surface area contributed by atoms with Crippen LogP contribution in [0.2, 0.25) is 0 Å². The van der Waals surface area contributed by atoms with Gasteiger partial charge in [-0.15, -0.1) is 0 Å². The molecule has 0 radical (unpaired) electrons. The molecule has 4 heteroatoms. The summed E-state index contributed by atoms with van der Waals surface area (Å²) in [4.78, 5) is 0. The Labute approximate surface area is 70.3 Å². The second-order valence-corrected chi connectivity index (χ2v) is 2.25. The minimum absolute atomic E-state index is 0.170. The molecule has 0 heterocycles. The first-order valence-electron chi connectivity index (χ1n) is 3.44. The Hall–Kier alpha value is -1.42. The summed E-state index contributed by atoms with van der Waals surface area (Å²) in [5.74, 6) is 0.631. The van der Waals surface area contributed by atoms with Crippen LogP contribution >= 0.6 is 0 Å². The van der Waals surface area contributed by atoms with Gasteiger partial charge in [0.2, 0.25) is 0 Å². The Balaban J connectivity index is 3.10. The van der Waals surface area contributed by atoms with Gasteiger partial charge in [0.05, 0.1) is 13.7 Å². The van der Waals surface area contributed by atoms with E-state index in [1.807, 2.05) is 0 Å². The summed E-state index contributed by atoms with van der Waals surface area (Å²) < 4.78 is 4.92. The minimum atomic E-state index is -0.170. The number of hydrogen-bond acceptors (Lipinski definition) is 3. The first kappa shape index (κ1) is 8.67. The van der Waals surface area contributed by atoms with Crippen molar-refractivity contribution >= 4 is 5.69 Å². The van der Waals surface area contributed by atoms with Crippen LogP contribution in [0.1, 0.15) is 5.56 Å². The third-order valence-corrected chi connectivity index (χ3v) is 1.56. The van der Waals surface area contributed by atoms with Crippen LogP contribution in [0, 0.1) is 0 Å². The SMILES string of the molecule is COc1ccc(N=[N-])c(CO)c1. The molecule has 64 valence electrons. The summed E-state index contributed by atoms with van der Waals surface area (Å²) >= 11 is 0. The van der Waals surface area contributed by atoms with E-state index in [0.29, 0.717) is 17.0 Å². The maximum Gasteiger partial charge on any atom is 0.119 e. The molecular weight excluding hydrogens is 156 g/mol. The Morgan fingerprint density at radius 1 is 1.58 bits per heavy atom. The van der Waals surface area contributed by atoms with Gasteiger partial charge in [-0.1, -0.05) is 0 Å². The molecule has 1 aromatic rings. The molecule has 0 unspecified atom stereocenters. The highest BCUT2D eigenvalue weighted by Gasteiger charge is 1.99. The number of aliphatic hydroxyl groups is 1. The lowest BCUT2D eigenvalue weighted by molar-refractivity contribution is 0.281. The second-order valence-electron chi connectivity index (χ2n) is 2.25. The summed E-state index contributed by atoms with van der Waals surface area (Å²) in [6, 6.07) is 4.85. The van der Waals surface area contributed by atoms with Crippen molar-refractivity contribution in [3.8, 4) is 5.75 Å². The zero-order valence-corrected chi connectivity index (χ0v) is 6.69. The Bertz CT molecular complexity index is 286. The Morgan fingerprint density at radius 3 is 2.83 bits per heavy atom. The number of nitrogens with zero attached hydrogens (tertiary/aromatic N) is 2. The molecule has 1 N–H and O–H groups in total. The Morgan fingerprint density at radius 2 is 2.33 bits per heavy atom. The third kappa shape index (κ3) is 1.60. The fourth-order valence-corrected chi connectivity index (χ4v) is 0.913. The van der Waals surface area contributed by atoms with Crippen molar-refractivity contribution in [3.63, 3.8) is 0 Å². The summed E-state index contributed by atoms with van der Waals surface area (Å²) in [5, 5.41) is 11.8. The summed E-state index contributed by atoms with van der Waals surface area (Å²) in [6.07, 6.45) is 0. The number of hydrogen-bond donors (Lipinski definition) is 1. The average Bonchev–Trinajstić information content (AvgIpc) is 2.16.